The number of aliphatic imine (C=N–C) groups is 1. The van der Waals surface area contributed by atoms with E-state index in [1.54, 1.807) is 25.2 Å². The molecule has 0 bridgehead atoms. The maximum atomic E-state index is 12.4. The zero-order chi connectivity index (χ0) is 19.4. The average Bonchev–Trinajstić information content (AvgIpc) is 2.63. The first kappa shape index (κ1) is 26.1. The van der Waals surface area contributed by atoms with Crippen molar-refractivity contribution in [3.63, 3.8) is 0 Å². The van der Waals surface area contributed by atoms with Gasteiger partial charge in [0.15, 0.2) is 5.96 Å². The molecule has 0 saturated heterocycles. The Morgan fingerprint density at radius 3 is 2.44 bits per heavy atom. The van der Waals surface area contributed by atoms with Crippen LogP contribution in [0.3, 0.4) is 0 Å². The van der Waals surface area contributed by atoms with Crippen molar-refractivity contribution in [2.45, 2.75) is 37.6 Å². The summed E-state index contributed by atoms with van der Waals surface area (Å²) in [6.45, 7) is 4.77. The largest absolute Gasteiger partial charge is 0.381 e. The Morgan fingerprint density at radius 1 is 1.15 bits per heavy atom. The quantitative estimate of drug-likeness (QED) is 0.206. The molecule has 1 aromatic rings. The lowest BCUT2D eigenvalue weighted by Crippen LogP contribution is -2.38. The molecule has 2 N–H and O–H groups in total. The van der Waals surface area contributed by atoms with Crippen molar-refractivity contribution in [2.75, 3.05) is 40.9 Å². The number of sulfonamides is 1. The highest BCUT2D eigenvalue weighted by molar-refractivity contribution is 14.0. The molecule has 9 heteroatoms. The van der Waals surface area contributed by atoms with Crippen molar-refractivity contribution < 1.29 is 13.2 Å². The lowest BCUT2D eigenvalue weighted by Gasteiger charge is -2.17. The zero-order valence-corrected chi connectivity index (χ0v) is 19.8. The molecule has 0 aromatic heterocycles. The predicted molar refractivity (Wildman–Crippen MR) is 121 cm³/mol. The molecule has 0 heterocycles. The third-order valence-electron chi connectivity index (χ3n) is 3.80. The average molecular weight is 512 g/mol. The van der Waals surface area contributed by atoms with Crippen LogP contribution in [0, 0.1) is 0 Å². The maximum absolute atomic E-state index is 12.4. The molecule has 7 nitrogen and oxygen atoms in total. The van der Waals surface area contributed by atoms with Crippen molar-refractivity contribution in [1.29, 1.82) is 0 Å². The second-order valence-electron chi connectivity index (χ2n) is 6.07. The second-order valence-corrected chi connectivity index (χ2v) is 8.19. The Morgan fingerprint density at radius 2 is 1.81 bits per heavy atom. The standard InChI is InChI=1S/C18H32N4O3S.HI/c1-5-6-13-25-14-9-12-20-18(19-2)21-15-16-10-7-8-11-17(16)26(23,24)22(3)4;/h7-8,10-11H,5-6,9,12-15H2,1-4H3,(H2,19,20,21);1H. The van der Waals surface area contributed by atoms with Gasteiger partial charge in [0.05, 0.1) is 4.90 Å². The van der Waals surface area contributed by atoms with Crippen LogP contribution >= 0.6 is 24.0 Å². The lowest BCUT2D eigenvalue weighted by atomic mass is 10.2. The molecule has 156 valence electrons. The van der Waals surface area contributed by atoms with E-state index >= 15 is 0 Å². The molecular weight excluding hydrogens is 479 g/mol. The van der Waals surface area contributed by atoms with Gasteiger partial charge in [-0.05, 0) is 24.5 Å². The van der Waals surface area contributed by atoms with Gasteiger partial charge in [-0.1, -0.05) is 31.5 Å². The molecular formula is C18H33IN4O3S. The highest BCUT2D eigenvalue weighted by Gasteiger charge is 2.20. The summed E-state index contributed by atoms with van der Waals surface area (Å²) >= 11 is 0. The van der Waals surface area contributed by atoms with Gasteiger partial charge in [0.25, 0.3) is 0 Å². The van der Waals surface area contributed by atoms with Crippen LogP contribution in [0.25, 0.3) is 0 Å². The summed E-state index contributed by atoms with van der Waals surface area (Å²) in [5.41, 5.74) is 0.701. The van der Waals surface area contributed by atoms with Gasteiger partial charge in [-0.3, -0.25) is 4.99 Å². The SMILES string of the molecule is CCCCOCCCNC(=NC)NCc1ccccc1S(=O)(=O)N(C)C.I. The minimum atomic E-state index is -3.48. The molecule has 0 aliphatic carbocycles. The van der Waals surface area contributed by atoms with Gasteiger partial charge in [-0.2, -0.15) is 0 Å². The van der Waals surface area contributed by atoms with E-state index in [0.29, 0.717) is 29.6 Å². The Balaban J connectivity index is 0.00000676. The fourth-order valence-electron chi connectivity index (χ4n) is 2.23. The number of halogens is 1. The molecule has 1 rings (SSSR count). The Hall–Kier alpha value is -0.910. The summed E-state index contributed by atoms with van der Waals surface area (Å²) in [7, 11) is 1.27. The second kappa shape index (κ2) is 14.1. The number of nitrogens with one attached hydrogen (secondary N) is 2. The van der Waals surface area contributed by atoms with Gasteiger partial charge in [0.2, 0.25) is 10.0 Å². The minimum absolute atomic E-state index is 0. The van der Waals surface area contributed by atoms with Crippen molar-refractivity contribution in [3.05, 3.63) is 29.8 Å². The molecule has 0 fully saturated rings. The topological polar surface area (TPSA) is 83.0 Å². The highest BCUT2D eigenvalue weighted by atomic mass is 127. The molecule has 0 aliphatic heterocycles. The monoisotopic (exact) mass is 512 g/mol. The summed E-state index contributed by atoms with van der Waals surface area (Å²) in [4.78, 5) is 4.47. The number of nitrogens with zero attached hydrogens (tertiary/aromatic N) is 2. The highest BCUT2D eigenvalue weighted by Crippen LogP contribution is 2.18. The van der Waals surface area contributed by atoms with Gasteiger partial charge < -0.3 is 15.4 Å². The summed E-state index contributed by atoms with van der Waals surface area (Å²) < 4.78 is 31.6. The summed E-state index contributed by atoms with van der Waals surface area (Å²) in [6, 6.07) is 6.98. The van der Waals surface area contributed by atoms with Crippen molar-refractivity contribution >= 4 is 40.0 Å². The van der Waals surface area contributed by atoms with Crippen molar-refractivity contribution in [3.8, 4) is 0 Å². The van der Waals surface area contributed by atoms with Gasteiger partial charge in [-0.25, -0.2) is 12.7 Å². The van der Waals surface area contributed by atoms with Gasteiger partial charge in [0.1, 0.15) is 0 Å². The van der Waals surface area contributed by atoms with Crippen LogP contribution in [0.4, 0.5) is 0 Å². The number of ether oxygens (including phenoxy) is 1. The summed E-state index contributed by atoms with van der Waals surface area (Å²) in [5.74, 6) is 0.635. The number of hydrogen-bond donors (Lipinski definition) is 2. The summed E-state index contributed by atoms with van der Waals surface area (Å²) in [5, 5.41) is 6.37. The normalized spacial score (nSPS) is 12.0. The van der Waals surface area contributed by atoms with Crippen LogP contribution in [-0.2, 0) is 21.3 Å². The Kier molecular flexibility index (Phi) is 13.7. The van der Waals surface area contributed by atoms with E-state index in [1.165, 1.54) is 18.4 Å². The fraction of sp³-hybridized carbons (Fsp3) is 0.611. The van der Waals surface area contributed by atoms with Crippen LogP contribution in [-0.4, -0.2) is 59.6 Å². The third kappa shape index (κ3) is 9.22. The predicted octanol–water partition coefficient (Wildman–Crippen LogP) is 2.43. The molecule has 0 unspecified atom stereocenters. The van der Waals surface area contributed by atoms with Gasteiger partial charge >= 0.3 is 0 Å². The van der Waals surface area contributed by atoms with Crippen LogP contribution in [0.5, 0.6) is 0 Å². The zero-order valence-electron chi connectivity index (χ0n) is 16.7. The first-order valence-electron chi connectivity index (χ1n) is 8.96. The molecule has 0 radical (unpaired) electrons. The molecule has 0 saturated carbocycles. The number of guanidine groups is 1. The van der Waals surface area contributed by atoms with E-state index in [-0.39, 0.29) is 24.0 Å². The number of unbranched alkanes of at least 4 members (excludes halogenated alkanes) is 1. The molecule has 1 aromatic carbocycles. The molecule has 0 amide bonds. The molecule has 0 aliphatic rings. The Bertz CT molecular complexity index is 666. The van der Waals surface area contributed by atoms with Crippen LogP contribution in [0.1, 0.15) is 31.7 Å². The van der Waals surface area contributed by atoms with E-state index in [9.17, 15) is 8.42 Å². The fourth-order valence-corrected chi connectivity index (χ4v) is 3.34. The minimum Gasteiger partial charge on any atom is -0.381 e. The van der Waals surface area contributed by atoms with Crippen LogP contribution in [0.15, 0.2) is 34.2 Å². The molecule has 0 atom stereocenters. The number of hydrogen-bond acceptors (Lipinski definition) is 4. The smallest absolute Gasteiger partial charge is 0.242 e. The Labute approximate surface area is 181 Å². The van der Waals surface area contributed by atoms with Crippen LogP contribution in [0.2, 0.25) is 0 Å². The van der Waals surface area contributed by atoms with E-state index in [4.69, 9.17) is 4.74 Å². The van der Waals surface area contributed by atoms with E-state index < -0.39 is 10.0 Å². The van der Waals surface area contributed by atoms with Crippen molar-refractivity contribution in [2.24, 2.45) is 4.99 Å². The van der Waals surface area contributed by atoms with Gasteiger partial charge in [0, 0.05) is 47.4 Å². The van der Waals surface area contributed by atoms with Gasteiger partial charge in [-0.15, -0.1) is 24.0 Å². The third-order valence-corrected chi connectivity index (χ3v) is 5.72. The molecule has 0 spiro atoms. The van der Waals surface area contributed by atoms with E-state index in [0.717, 1.165) is 32.4 Å². The first-order valence-corrected chi connectivity index (χ1v) is 10.4. The van der Waals surface area contributed by atoms with Crippen molar-refractivity contribution in [1.82, 2.24) is 14.9 Å². The first-order chi connectivity index (χ1) is 12.4. The summed E-state index contributed by atoms with van der Waals surface area (Å²) in [6.07, 6.45) is 3.11. The van der Waals surface area contributed by atoms with Crippen LogP contribution < -0.4 is 10.6 Å². The molecule has 27 heavy (non-hydrogen) atoms. The lowest BCUT2D eigenvalue weighted by molar-refractivity contribution is 0.129. The number of benzene rings is 1. The maximum Gasteiger partial charge on any atom is 0.242 e. The van der Waals surface area contributed by atoms with E-state index in [1.807, 2.05) is 6.07 Å². The van der Waals surface area contributed by atoms with E-state index in [2.05, 4.69) is 22.5 Å². The number of rotatable bonds is 11.